The minimum absolute atomic E-state index is 0.00985. The summed E-state index contributed by atoms with van der Waals surface area (Å²) in [4.78, 5) is 38.6. The molecule has 2 fully saturated rings. The summed E-state index contributed by atoms with van der Waals surface area (Å²) in [7, 11) is 0. The molecule has 1 atom stereocenters. The molecule has 6 nitrogen and oxygen atoms in total. The lowest BCUT2D eigenvalue weighted by molar-refractivity contribution is -0.151. The average Bonchev–Trinajstić information content (AvgIpc) is 3.03. The van der Waals surface area contributed by atoms with Crippen molar-refractivity contribution < 1.29 is 19.5 Å². The first-order valence-electron chi connectivity index (χ1n) is 7.29. The van der Waals surface area contributed by atoms with Gasteiger partial charge in [0.05, 0.1) is 5.41 Å². The Labute approximate surface area is 128 Å². The second kappa shape index (κ2) is 6.25. The Hall–Kier alpha value is -1.24. The predicted molar refractivity (Wildman–Crippen MR) is 80.1 cm³/mol. The molecule has 2 aliphatic heterocycles. The molecule has 0 aromatic carbocycles. The average molecular weight is 314 g/mol. The first kappa shape index (κ1) is 16.1. The minimum atomic E-state index is -0.824. The van der Waals surface area contributed by atoms with Crippen molar-refractivity contribution in [1.82, 2.24) is 9.80 Å². The van der Waals surface area contributed by atoms with Crippen molar-refractivity contribution in [3.63, 3.8) is 0 Å². The fourth-order valence-electron chi connectivity index (χ4n) is 2.96. The lowest BCUT2D eigenvalue weighted by Gasteiger charge is -2.28. The molecule has 7 heteroatoms. The van der Waals surface area contributed by atoms with Crippen molar-refractivity contribution in [3.05, 3.63) is 0 Å². The van der Waals surface area contributed by atoms with E-state index in [0.717, 1.165) is 5.75 Å². The number of carbonyl (C=O) groups excluding carboxylic acids is 2. The SMILES string of the molecule is CC(C)C1(C(=O)O)CCN(C(=O)CCN2CCSC2=O)C1. The van der Waals surface area contributed by atoms with Gasteiger partial charge in [-0.3, -0.25) is 14.4 Å². The molecule has 0 aliphatic carbocycles. The van der Waals surface area contributed by atoms with Crippen molar-refractivity contribution in [1.29, 1.82) is 0 Å². The van der Waals surface area contributed by atoms with Crippen LogP contribution in [-0.4, -0.2) is 64.0 Å². The van der Waals surface area contributed by atoms with Gasteiger partial charge in [-0.15, -0.1) is 0 Å². The summed E-state index contributed by atoms with van der Waals surface area (Å²) in [6, 6.07) is 0. The van der Waals surface area contributed by atoms with E-state index in [0.29, 0.717) is 26.1 Å². The maximum absolute atomic E-state index is 12.2. The monoisotopic (exact) mass is 314 g/mol. The third kappa shape index (κ3) is 3.17. The third-order valence-electron chi connectivity index (χ3n) is 4.63. The van der Waals surface area contributed by atoms with Gasteiger partial charge >= 0.3 is 5.97 Å². The largest absolute Gasteiger partial charge is 0.481 e. The minimum Gasteiger partial charge on any atom is -0.481 e. The molecule has 1 unspecified atom stereocenters. The van der Waals surface area contributed by atoms with Crippen molar-refractivity contribution in [3.8, 4) is 0 Å². The van der Waals surface area contributed by atoms with Crippen LogP contribution in [0, 0.1) is 11.3 Å². The molecule has 0 aromatic rings. The van der Waals surface area contributed by atoms with Crippen molar-refractivity contribution in [2.45, 2.75) is 26.7 Å². The molecule has 0 radical (unpaired) electrons. The highest BCUT2D eigenvalue weighted by molar-refractivity contribution is 8.13. The summed E-state index contributed by atoms with van der Waals surface area (Å²) < 4.78 is 0. The Balaban J connectivity index is 1.90. The molecule has 2 rings (SSSR count). The number of carboxylic acids is 1. The maximum atomic E-state index is 12.2. The fourth-order valence-corrected chi connectivity index (χ4v) is 3.81. The summed E-state index contributed by atoms with van der Waals surface area (Å²) in [6.07, 6.45) is 0.782. The van der Waals surface area contributed by atoms with E-state index in [1.54, 1.807) is 9.80 Å². The van der Waals surface area contributed by atoms with Gasteiger partial charge in [-0.05, 0) is 12.3 Å². The fraction of sp³-hybridized carbons (Fsp3) is 0.786. The summed E-state index contributed by atoms with van der Waals surface area (Å²) in [6.45, 7) is 5.68. The van der Waals surface area contributed by atoms with E-state index < -0.39 is 11.4 Å². The highest BCUT2D eigenvalue weighted by Crippen LogP contribution is 2.38. The predicted octanol–water partition coefficient (Wildman–Crippen LogP) is 1.50. The Morgan fingerprint density at radius 3 is 2.57 bits per heavy atom. The lowest BCUT2D eigenvalue weighted by Crippen LogP contribution is -2.41. The molecular weight excluding hydrogens is 292 g/mol. The summed E-state index contributed by atoms with van der Waals surface area (Å²) in [5.74, 6) is -0.0987. The number of nitrogens with zero attached hydrogens (tertiary/aromatic N) is 2. The standard InChI is InChI=1S/C14H22N2O4S/c1-10(2)14(12(18)19)4-6-16(9-14)11(17)3-5-15-7-8-21-13(15)20/h10H,3-9H2,1-2H3,(H,18,19). The summed E-state index contributed by atoms with van der Waals surface area (Å²) in [5, 5.41) is 9.51. The molecule has 0 bridgehead atoms. The number of hydrogen-bond donors (Lipinski definition) is 1. The Bertz CT molecular complexity index is 454. The first-order valence-corrected chi connectivity index (χ1v) is 8.28. The van der Waals surface area contributed by atoms with Gasteiger partial charge in [0.1, 0.15) is 0 Å². The van der Waals surface area contributed by atoms with E-state index in [9.17, 15) is 19.5 Å². The zero-order valence-electron chi connectivity index (χ0n) is 12.5. The highest BCUT2D eigenvalue weighted by atomic mass is 32.2. The van der Waals surface area contributed by atoms with Crippen LogP contribution in [0.1, 0.15) is 26.7 Å². The first-order chi connectivity index (χ1) is 9.86. The van der Waals surface area contributed by atoms with Gasteiger partial charge in [0.15, 0.2) is 0 Å². The van der Waals surface area contributed by atoms with Crippen LogP contribution < -0.4 is 0 Å². The number of hydrogen-bond acceptors (Lipinski definition) is 4. The van der Waals surface area contributed by atoms with E-state index in [4.69, 9.17) is 0 Å². The Kier molecular flexibility index (Phi) is 4.81. The normalized spacial score (nSPS) is 26.0. The van der Waals surface area contributed by atoms with Crippen LogP contribution >= 0.6 is 11.8 Å². The number of amides is 2. The molecule has 0 aromatic heterocycles. The smallest absolute Gasteiger partial charge is 0.311 e. The molecule has 0 spiro atoms. The molecule has 1 N–H and O–H groups in total. The van der Waals surface area contributed by atoms with Gasteiger partial charge in [0.25, 0.3) is 5.24 Å². The van der Waals surface area contributed by atoms with Crippen molar-refractivity contribution in [2.24, 2.45) is 11.3 Å². The van der Waals surface area contributed by atoms with Crippen LogP contribution in [0.4, 0.5) is 4.79 Å². The van der Waals surface area contributed by atoms with Crippen molar-refractivity contribution >= 4 is 28.9 Å². The van der Waals surface area contributed by atoms with E-state index in [1.807, 2.05) is 13.8 Å². The zero-order chi connectivity index (χ0) is 15.6. The van der Waals surface area contributed by atoms with Crippen molar-refractivity contribution in [2.75, 3.05) is 31.9 Å². The maximum Gasteiger partial charge on any atom is 0.311 e. The second-order valence-electron chi connectivity index (χ2n) is 6.03. The molecule has 2 amide bonds. The molecule has 21 heavy (non-hydrogen) atoms. The van der Waals surface area contributed by atoms with E-state index in [1.165, 1.54) is 11.8 Å². The second-order valence-corrected chi connectivity index (χ2v) is 7.08. The van der Waals surface area contributed by atoms with Crippen LogP contribution in [0.25, 0.3) is 0 Å². The third-order valence-corrected chi connectivity index (χ3v) is 5.52. The molecule has 2 aliphatic rings. The van der Waals surface area contributed by atoms with Crippen LogP contribution in [0.2, 0.25) is 0 Å². The molecule has 2 heterocycles. The van der Waals surface area contributed by atoms with Gasteiger partial charge in [0.2, 0.25) is 5.91 Å². The molecular formula is C14H22N2O4S. The topological polar surface area (TPSA) is 77.9 Å². The number of rotatable bonds is 5. The number of aliphatic carboxylic acids is 1. The summed E-state index contributed by atoms with van der Waals surface area (Å²) in [5.41, 5.74) is -0.824. The zero-order valence-corrected chi connectivity index (χ0v) is 13.3. The number of thioether (sulfide) groups is 1. The Morgan fingerprint density at radius 2 is 2.10 bits per heavy atom. The summed E-state index contributed by atoms with van der Waals surface area (Å²) >= 11 is 1.28. The number of likely N-dealkylation sites (tertiary alicyclic amines) is 1. The number of carbonyl (C=O) groups is 3. The van der Waals surface area contributed by atoms with E-state index >= 15 is 0 Å². The van der Waals surface area contributed by atoms with Gasteiger partial charge in [0, 0.05) is 38.4 Å². The van der Waals surface area contributed by atoms with Gasteiger partial charge in [-0.2, -0.15) is 0 Å². The van der Waals surface area contributed by atoms with Crippen LogP contribution in [0.15, 0.2) is 0 Å². The van der Waals surface area contributed by atoms with E-state index in [-0.39, 0.29) is 30.0 Å². The van der Waals surface area contributed by atoms with Crippen LogP contribution in [0.5, 0.6) is 0 Å². The van der Waals surface area contributed by atoms with Gasteiger partial charge < -0.3 is 14.9 Å². The van der Waals surface area contributed by atoms with Crippen LogP contribution in [0.3, 0.4) is 0 Å². The quantitative estimate of drug-likeness (QED) is 0.832. The Morgan fingerprint density at radius 1 is 1.38 bits per heavy atom. The lowest BCUT2D eigenvalue weighted by atomic mass is 9.76. The van der Waals surface area contributed by atoms with Crippen LogP contribution in [-0.2, 0) is 9.59 Å². The van der Waals surface area contributed by atoms with E-state index in [2.05, 4.69) is 0 Å². The molecule has 118 valence electrons. The van der Waals surface area contributed by atoms with Gasteiger partial charge in [-0.1, -0.05) is 25.6 Å². The van der Waals surface area contributed by atoms with Gasteiger partial charge in [-0.25, -0.2) is 0 Å². The highest BCUT2D eigenvalue weighted by Gasteiger charge is 2.48. The molecule has 2 saturated heterocycles. The number of carboxylic acid groups (broad SMARTS) is 1. The molecule has 0 saturated carbocycles.